The fraction of sp³-hybridized carbons (Fsp3) is 0.471. The van der Waals surface area contributed by atoms with Crippen LogP contribution in [0.15, 0.2) is 24.4 Å². The maximum absolute atomic E-state index is 12.4. The van der Waals surface area contributed by atoms with Crippen molar-refractivity contribution >= 4 is 5.91 Å². The fourth-order valence-electron chi connectivity index (χ4n) is 2.68. The van der Waals surface area contributed by atoms with E-state index < -0.39 is 0 Å². The molecule has 0 saturated heterocycles. The predicted octanol–water partition coefficient (Wildman–Crippen LogP) is 2.95. The van der Waals surface area contributed by atoms with Crippen LogP contribution >= 0.6 is 0 Å². The summed E-state index contributed by atoms with van der Waals surface area (Å²) in [6.07, 6.45) is 6.03. The second kappa shape index (κ2) is 6.30. The number of nitrogens with one attached hydrogen (secondary N) is 2. The van der Waals surface area contributed by atoms with Crippen molar-refractivity contribution in [3.63, 3.8) is 0 Å². The number of rotatable bonds is 6. The third-order valence-corrected chi connectivity index (χ3v) is 4.02. The van der Waals surface area contributed by atoms with Crippen molar-refractivity contribution in [1.29, 1.82) is 0 Å². The van der Waals surface area contributed by atoms with Gasteiger partial charge in [0, 0.05) is 11.9 Å². The molecule has 5 heteroatoms. The SMILES string of the molecule is CCCc1cc(C(=O)N[C@H](c2cc(C)ccn2)C2CC2)n[nH]1. The number of pyridine rings is 1. The number of aryl methyl sites for hydroxylation is 2. The van der Waals surface area contributed by atoms with E-state index in [-0.39, 0.29) is 11.9 Å². The summed E-state index contributed by atoms with van der Waals surface area (Å²) < 4.78 is 0. The van der Waals surface area contributed by atoms with Gasteiger partial charge in [0.05, 0.1) is 11.7 Å². The molecule has 3 rings (SSSR count). The maximum atomic E-state index is 12.4. The summed E-state index contributed by atoms with van der Waals surface area (Å²) in [5.41, 5.74) is 3.57. The smallest absolute Gasteiger partial charge is 0.272 e. The minimum Gasteiger partial charge on any atom is -0.342 e. The molecule has 0 spiro atoms. The molecule has 0 bridgehead atoms. The summed E-state index contributed by atoms with van der Waals surface area (Å²) in [6.45, 7) is 4.15. The van der Waals surface area contributed by atoms with E-state index in [1.165, 1.54) is 0 Å². The van der Waals surface area contributed by atoms with Crippen LogP contribution < -0.4 is 5.32 Å². The number of aromatic amines is 1. The molecule has 0 aliphatic heterocycles. The first kappa shape index (κ1) is 14.8. The lowest BCUT2D eigenvalue weighted by Gasteiger charge is -2.17. The van der Waals surface area contributed by atoms with E-state index >= 15 is 0 Å². The van der Waals surface area contributed by atoms with Crippen molar-refractivity contribution in [2.75, 3.05) is 0 Å². The van der Waals surface area contributed by atoms with Crippen LogP contribution in [0.25, 0.3) is 0 Å². The molecule has 1 fully saturated rings. The monoisotopic (exact) mass is 298 g/mol. The number of hydrogen-bond donors (Lipinski definition) is 2. The normalized spacial score (nSPS) is 15.5. The predicted molar refractivity (Wildman–Crippen MR) is 84.5 cm³/mol. The first-order valence-electron chi connectivity index (χ1n) is 7.95. The molecule has 2 heterocycles. The van der Waals surface area contributed by atoms with Crippen LogP contribution in [0.1, 0.15) is 59.7 Å². The molecule has 2 aromatic heterocycles. The van der Waals surface area contributed by atoms with Gasteiger partial charge in [0.15, 0.2) is 0 Å². The van der Waals surface area contributed by atoms with Crippen LogP contribution in [0.3, 0.4) is 0 Å². The first-order chi connectivity index (χ1) is 10.7. The van der Waals surface area contributed by atoms with Gasteiger partial charge in [-0.3, -0.25) is 14.9 Å². The molecule has 0 unspecified atom stereocenters. The van der Waals surface area contributed by atoms with Crippen molar-refractivity contribution in [2.24, 2.45) is 5.92 Å². The minimum atomic E-state index is -0.126. The van der Waals surface area contributed by atoms with Gasteiger partial charge < -0.3 is 5.32 Å². The van der Waals surface area contributed by atoms with Gasteiger partial charge in [0.1, 0.15) is 5.69 Å². The Bertz CT molecular complexity index is 660. The first-order valence-corrected chi connectivity index (χ1v) is 7.95. The Labute approximate surface area is 130 Å². The molecular weight excluding hydrogens is 276 g/mol. The third-order valence-electron chi connectivity index (χ3n) is 4.02. The van der Waals surface area contributed by atoms with E-state index in [9.17, 15) is 4.79 Å². The molecule has 1 saturated carbocycles. The van der Waals surface area contributed by atoms with Crippen molar-refractivity contribution in [2.45, 2.75) is 45.6 Å². The largest absolute Gasteiger partial charge is 0.342 e. The average molecular weight is 298 g/mol. The Morgan fingerprint density at radius 1 is 1.45 bits per heavy atom. The molecule has 2 aromatic rings. The van der Waals surface area contributed by atoms with Gasteiger partial charge in [0.25, 0.3) is 5.91 Å². The molecular formula is C17H22N4O. The van der Waals surface area contributed by atoms with E-state index in [4.69, 9.17) is 0 Å². The van der Waals surface area contributed by atoms with Crippen LogP contribution in [0.5, 0.6) is 0 Å². The Hall–Kier alpha value is -2.17. The fourth-order valence-corrected chi connectivity index (χ4v) is 2.68. The molecule has 1 aliphatic carbocycles. The lowest BCUT2D eigenvalue weighted by molar-refractivity contribution is 0.0925. The van der Waals surface area contributed by atoms with Crippen molar-refractivity contribution in [3.05, 3.63) is 47.0 Å². The Morgan fingerprint density at radius 3 is 2.95 bits per heavy atom. The number of H-pyrrole nitrogens is 1. The van der Waals surface area contributed by atoms with Crippen LogP contribution in [0, 0.1) is 12.8 Å². The zero-order valence-electron chi connectivity index (χ0n) is 13.1. The summed E-state index contributed by atoms with van der Waals surface area (Å²) >= 11 is 0. The highest BCUT2D eigenvalue weighted by Crippen LogP contribution is 2.40. The average Bonchev–Trinajstić information content (AvgIpc) is 3.23. The van der Waals surface area contributed by atoms with Gasteiger partial charge in [-0.2, -0.15) is 5.10 Å². The number of amides is 1. The van der Waals surface area contributed by atoms with Gasteiger partial charge in [-0.05, 0) is 55.9 Å². The highest BCUT2D eigenvalue weighted by Gasteiger charge is 2.34. The molecule has 0 radical (unpaired) electrons. The quantitative estimate of drug-likeness (QED) is 0.861. The van der Waals surface area contributed by atoms with Crippen molar-refractivity contribution in [1.82, 2.24) is 20.5 Å². The Kier molecular flexibility index (Phi) is 4.22. The van der Waals surface area contributed by atoms with Gasteiger partial charge in [-0.1, -0.05) is 13.3 Å². The van der Waals surface area contributed by atoms with E-state index in [0.717, 1.165) is 42.6 Å². The number of carbonyl (C=O) groups excluding carboxylic acids is 1. The summed E-state index contributed by atoms with van der Waals surface area (Å²) in [6, 6.07) is 5.85. The van der Waals surface area contributed by atoms with Crippen LogP contribution in [-0.4, -0.2) is 21.1 Å². The van der Waals surface area contributed by atoms with Crippen molar-refractivity contribution in [3.8, 4) is 0 Å². The molecule has 1 atom stereocenters. The number of aromatic nitrogens is 3. The van der Waals surface area contributed by atoms with Gasteiger partial charge in [0.2, 0.25) is 0 Å². The van der Waals surface area contributed by atoms with Crippen LogP contribution in [0.2, 0.25) is 0 Å². The van der Waals surface area contributed by atoms with Gasteiger partial charge >= 0.3 is 0 Å². The zero-order valence-corrected chi connectivity index (χ0v) is 13.1. The number of nitrogens with zero attached hydrogens (tertiary/aromatic N) is 2. The third kappa shape index (κ3) is 3.35. The maximum Gasteiger partial charge on any atom is 0.272 e. The van der Waals surface area contributed by atoms with E-state index in [0.29, 0.717) is 11.6 Å². The van der Waals surface area contributed by atoms with E-state index in [2.05, 4.69) is 33.5 Å². The lowest BCUT2D eigenvalue weighted by Crippen LogP contribution is -2.30. The summed E-state index contributed by atoms with van der Waals surface area (Å²) in [7, 11) is 0. The minimum absolute atomic E-state index is 0.0151. The van der Waals surface area contributed by atoms with E-state index in [1.807, 2.05) is 19.1 Å². The topological polar surface area (TPSA) is 70.7 Å². The highest BCUT2D eigenvalue weighted by molar-refractivity contribution is 5.92. The summed E-state index contributed by atoms with van der Waals surface area (Å²) in [5.74, 6) is 0.367. The standard InChI is InChI=1S/C17H22N4O/c1-3-4-13-10-15(21-20-13)17(22)19-16(12-5-6-12)14-9-11(2)7-8-18-14/h7-10,12,16H,3-6H2,1-2H3,(H,19,22)(H,20,21)/t16-/m0/s1. The summed E-state index contributed by atoms with van der Waals surface area (Å²) in [5, 5.41) is 10.2. The van der Waals surface area contributed by atoms with Crippen LogP contribution in [-0.2, 0) is 6.42 Å². The zero-order chi connectivity index (χ0) is 15.5. The van der Waals surface area contributed by atoms with Gasteiger partial charge in [-0.25, -0.2) is 0 Å². The molecule has 1 amide bonds. The number of hydrogen-bond acceptors (Lipinski definition) is 3. The van der Waals surface area contributed by atoms with Crippen molar-refractivity contribution < 1.29 is 4.79 Å². The lowest BCUT2D eigenvalue weighted by atomic mass is 10.1. The van der Waals surface area contributed by atoms with Crippen LogP contribution in [0.4, 0.5) is 0 Å². The Balaban J connectivity index is 1.74. The molecule has 1 aliphatic rings. The van der Waals surface area contributed by atoms with Gasteiger partial charge in [-0.15, -0.1) is 0 Å². The molecule has 116 valence electrons. The van der Waals surface area contributed by atoms with E-state index in [1.54, 1.807) is 6.20 Å². The molecule has 5 nitrogen and oxygen atoms in total. The second-order valence-electron chi connectivity index (χ2n) is 6.08. The summed E-state index contributed by atoms with van der Waals surface area (Å²) in [4.78, 5) is 16.9. The Morgan fingerprint density at radius 2 is 2.27 bits per heavy atom. The second-order valence-corrected chi connectivity index (χ2v) is 6.08. The molecule has 2 N–H and O–H groups in total. The molecule has 22 heavy (non-hydrogen) atoms. The highest BCUT2D eigenvalue weighted by atomic mass is 16.2. The molecule has 0 aromatic carbocycles. The number of carbonyl (C=O) groups is 1.